The molecule has 0 bridgehead atoms. The molecule has 0 spiro atoms. The lowest BCUT2D eigenvalue weighted by molar-refractivity contribution is -0.167. The molecule has 0 aromatic carbocycles. The monoisotopic (exact) mass is 356 g/mol. The Morgan fingerprint density at radius 2 is 1.59 bits per heavy atom. The van der Waals surface area contributed by atoms with E-state index in [9.17, 15) is 9.90 Å². The number of hydrogen-bond donors (Lipinski definition) is 1. The molecule has 1 N–H and O–H groups in total. The van der Waals surface area contributed by atoms with Crippen molar-refractivity contribution in [3.63, 3.8) is 0 Å². The third kappa shape index (κ3) is 6.59. The third-order valence-corrected chi connectivity index (χ3v) is 4.55. The molecule has 0 atom stereocenters. The molecule has 1 aliphatic carbocycles. The fourth-order valence-electron chi connectivity index (χ4n) is 2.99. The maximum atomic E-state index is 12.1. The molecule has 5 nitrogen and oxygen atoms in total. The predicted octanol–water partition coefficient (Wildman–Crippen LogP) is 1.71. The van der Waals surface area contributed by atoms with E-state index in [1.165, 1.54) is 0 Å². The summed E-state index contributed by atoms with van der Waals surface area (Å²) in [6.07, 6.45) is 5.17. The Balaban J connectivity index is 0.00000220. The zero-order valence-electron chi connectivity index (χ0n) is 13.5. The Morgan fingerprint density at radius 3 is 2.14 bits per heavy atom. The molecule has 0 unspecified atom stereocenters. The molecule has 1 saturated heterocycles. The summed E-state index contributed by atoms with van der Waals surface area (Å²) in [5, 5.41) is 10.4. The van der Waals surface area contributed by atoms with E-state index >= 15 is 0 Å². The first-order valence-corrected chi connectivity index (χ1v) is 7.91. The van der Waals surface area contributed by atoms with Crippen LogP contribution in [0.1, 0.15) is 38.5 Å². The van der Waals surface area contributed by atoms with Crippen molar-refractivity contribution in [3.05, 3.63) is 0 Å². The van der Waals surface area contributed by atoms with Gasteiger partial charge in [-0.1, -0.05) is 12.8 Å². The van der Waals surface area contributed by atoms with E-state index in [2.05, 4.69) is 16.8 Å². The largest absolute Gasteiger partial charge is 0.462 e. The average molecular weight is 357 g/mol. The topological polar surface area (TPSA) is 53.0 Å². The van der Waals surface area contributed by atoms with Crippen LogP contribution in [0.25, 0.3) is 0 Å². The molecule has 1 saturated carbocycles. The van der Waals surface area contributed by atoms with Crippen molar-refractivity contribution < 1.29 is 14.6 Å². The number of likely N-dealkylation sites (N-methyl/N-ethyl adjacent to an activating group) is 1. The summed E-state index contributed by atoms with van der Waals surface area (Å²) < 4.78 is 5.33. The summed E-state index contributed by atoms with van der Waals surface area (Å²) in [5.74, 6) is -0.409. The molecule has 0 radical (unpaired) electrons. The Labute approximate surface area is 146 Å². The normalized spacial score (nSPS) is 22.8. The molecular weight excluding hydrogens is 327 g/mol. The van der Waals surface area contributed by atoms with Gasteiger partial charge in [0.1, 0.15) is 6.61 Å². The highest BCUT2D eigenvalue weighted by atomic mass is 35.5. The van der Waals surface area contributed by atoms with Gasteiger partial charge >= 0.3 is 5.97 Å². The van der Waals surface area contributed by atoms with Crippen LogP contribution in [0.3, 0.4) is 0 Å². The summed E-state index contributed by atoms with van der Waals surface area (Å²) in [4.78, 5) is 16.7. The predicted molar refractivity (Wildman–Crippen MR) is 92.0 cm³/mol. The van der Waals surface area contributed by atoms with Crippen LogP contribution in [-0.4, -0.2) is 72.9 Å². The van der Waals surface area contributed by atoms with Gasteiger partial charge in [0.2, 0.25) is 0 Å². The highest BCUT2D eigenvalue weighted by Gasteiger charge is 2.37. The average Bonchev–Trinajstić information content (AvgIpc) is 2.67. The number of hydrogen-bond acceptors (Lipinski definition) is 5. The number of halogens is 2. The molecule has 2 rings (SSSR count). The fraction of sp³-hybridized carbons (Fsp3) is 0.933. The van der Waals surface area contributed by atoms with Gasteiger partial charge in [0, 0.05) is 32.7 Å². The van der Waals surface area contributed by atoms with Crippen LogP contribution in [0.15, 0.2) is 0 Å². The number of nitrogens with zero attached hydrogens (tertiary/aromatic N) is 2. The second-order valence-electron chi connectivity index (χ2n) is 6.23. The molecule has 0 aromatic rings. The van der Waals surface area contributed by atoms with Crippen molar-refractivity contribution in [2.24, 2.45) is 0 Å². The van der Waals surface area contributed by atoms with Gasteiger partial charge in [-0.2, -0.15) is 0 Å². The zero-order chi connectivity index (χ0) is 14.4. The van der Waals surface area contributed by atoms with Gasteiger partial charge in [0.05, 0.1) is 0 Å². The highest BCUT2D eigenvalue weighted by Crippen LogP contribution is 2.28. The van der Waals surface area contributed by atoms with Crippen molar-refractivity contribution in [1.82, 2.24) is 9.80 Å². The highest BCUT2D eigenvalue weighted by molar-refractivity contribution is 5.85. The molecule has 1 heterocycles. The molecular formula is C15H30Cl2N2O3. The number of ether oxygens (including phenoxy) is 1. The second kappa shape index (κ2) is 10.7. The van der Waals surface area contributed by atoms with Gasteiger partial charge in [0.15, 0.2) is 5.60 Å². The standard InChI is InChI=1S/C15H28N2O3.2ClH/c1-16-8-10-17(11-9-16)12-13-20-14(18)15(19)6-4-2-3-5-7-15;;/h19H,2-13H2,1H3;2*1H. The summed E-state index contributed by atoms with van der Waals surface area (Å²) >= 11 is 0. The molecule has 7 heteroatoms. The Bertz CT molecular complexity index is 316. The van der Waals surface area contributed by atoms with Crippen LogP contribution >= 0.6 is 24.8 Å². The maximum Gasteiger partial charge on any atom is 0.338 e. The second-order valence-corrected chi connectivity index (χ2v) is 6.23. The molecule has 132 valence electrons. The first-order chi connectivity index (χ1) is 9.60. The van der Waals surface area contributed by atoms with Crippen molar-refractivity contribution in [2.75, 3.05) is 46.4 Å². The van der Waals surface area contributed by atoms with Crippen LogP contribution in [0.5, 0.6) is 0 Å². The maximum absolute atomic E-state index is 12.1. The van der Waals surface area contributed by atoms with E-state index in [0.29, 0.717) is 19.4 Å². The number of carbonyl (C=O) groups excluding carboxylic acids is 1. The lowest BCUT2D eigenvalue weighted by Crippen LogP contribution is -2.46. The van der Waals surface area contributed by atoms with Gasteiger partial charge in [0.25, 0.3) is 0 Å². The van der Waals surface area contributed by atoms with Crippen LogP contribution in [0.4, 0.5) is 0 Å². The molecule has 2 aliphatic rings. The summed E-state index contributed by atoms with van der Waals surface area (Å²) in [6, 6.07) is 0. The number of rotatable bonds is 4. The first-order valence-electron chi connectivity index (χ1n) is 7.91. The minimum Gasteiger partial charge on any atom is -0.462 e. The lowest BCUT2D eigenvalue weighted by atomic mass is 9.95. The SMILES string of the molecule is CN1CCN(CCOC(=O)C2(O)CCCCCC2)CC1.Cl.Cl. The Morgan fingerprint density at radius 1 is 1.05 bits per heavy atom. The minimum atomic E-state index is -1.22. The van der Waals surface area contributed by atoms with Crippen molar-refractivity contribution in [2.45, 2.75) is 44.1 Å². The quantitative estimate of drug-likeness (QED) is 0.613. The van der Waals surface area contributed by atoms with Crippen LogP contribution in [0, 0.1) is 0 Å². The van der Waals surface area contributed by atoms with E-state index in [1.807, 2.05) is 0 Å². The van der Waals surface area contributed by atoms with Crippen LogP contribution < -0.4 is 0 Å². The van der Waals surface area contributed by atoms with Gasteiger partial charge in [-0.25, -0.2) is 4.79 Å². The van der Waals surface area contributed by atoms with E-state index in [4.69, 9.17) is 4.74 Å². The molecule has 1 aliphatic heterocycles. The molecule has 0 aromatic heterocycles. The number of aliphatic hydroxyl groups is 1. The molecule has 22 heavy (non-hydrogen) atoms. The van der Waals surface area contributed by atoms with Crippen LogP contribution in [0.2, 0.25) is 0 Å². The van der Waals surface area contributed by atoms with E-state index in [-0.39, 0.29) is 24.8 Å². The van der Waals surface area contributed by atoms with Gasteiger partial charge in [-0.05, 0) is 32.7 Å². The summed E-state index contributed by atoms with van der Waals surface area (Å²) in [5.41, 5.74) is -1.22. The first kappa shape index (κ1) is 21.9. The zero-order valence-corrected chi connectivity index (χ0v) is 15.1. The molecule has 0 amide bonds. The van der Waals surface area contributed by atoms with Gasteiger partial charge in [-0.15, -0.1) is 24.8 Å². The van der Waals surface area contributed by atoms with Gasteiger partial charge < -0.3 is 14.7 Å². The van der Waals surface area contributed by atoms with E-state index in [1.54, 1.807) is 0 Å². The van der Waals surface area contributed by atoms with E-state index < -0.39 is 11.6 Å². The minimum absolute atomic E-state index is 0. The number of esters is 1. The summed E-state index contributed by atoms with van der Waals surface area (Å²) in [6.45, 7) is 5.35. The third-order valence-electron chi connectivity index (χ3n) is 4.55. The number of piperazine rings is 1. The van der Waals surface area contributed by atoms with Crippen molar-refractivity contribution >= 4 is 30.8 Å². The lowest BCUT2D eigenvalue weighted by Gasteiger charge is -2.32. The summed E-state index contributed by atoms with van der Waals surface area (Å²) in [7, 11) is 2.12. The van der Waals surface area contributed by atoms with Crippen molar-refractivity contribution in [1.29, 1.82) is 0 Å². The fourth-order valence-corrected chi connectivity index (χ4v) is 2.99. The number of carbonyl (C=O) groups is 1. The van der Waals surface area contributed by atoms with Crippen molar-refractivity contribution in [3.8, 4) is 0 Å². The Kier molecular flexibility index (Phi) is 10.6. The van der Waals surface area contributed by atoms with Gasteiger partial charge in [-0.3, -0.25) is 4.90 Å². The molecule has 2 fully saturated rings. The van der Waals surface area contributed by atoms with E-state index in [0.717, 1.165) is 58.4 Å². The Hall–Kier alpha value is -0.0700. The van der Waals surface area contributed by atoms with Crippen LogP contribution in [-0.2, 0) is 9.53 Å². The smallest absolute Gasteiger partial charge is 0.338 e.